The Hall–Kier alpha value is -6.72. The van der Waals surface area contributed by atoms with E-state index in [2.05, 4.69) is 186 Å². The Kier molecular flexibility index (Phi) is 7.51. The van der Waals surface area contributed by atoms with Gasteiger partial charge in [0, 0.05) is 50.3 Å². The quantitative estimate of drug-likeness (QED) is 0.171. The lowest BCUT2D eigenvalue weighted by Gasteiger charge is -2.26. The lowest BCUT2D eigenvalue weighted by Crippen LogP contribution is -2.10. The molecule has 0 aliphatic rings. The van der Waals surface area contributed by atoms with Crippen molar-refractivity contribution in [3.63, 3.8) is 0 Å². The van der Waals surface area contributed by atoms with Gasteiger partial charge in [-0.3, -0.25) is 4.57 Å². The first-order valence-corrected chi connectivity index (χ1v) is 17.3. The fourth-order valence-corrected chi connectivity index (χ4v) is 7.32. The van der Waals surface area contributed by atoms with E-state index in [0.717, 1.165) is 51.2 Å². The van der Waals surface area contributed by atoms with Crippen molar-refractivity contribution in [2.24, 2.45) is 0 Å². The number of aromatic nitrogens is 4. The van der Waals surface area contributed by atoms with Crippen LogP contribution in [-0.4, -0.2) is 19.3 Å². The zero-order valence-electron chi connectivity index (χ0n) is 28.5. The molecule has 0 atom stereocenters. The molecule has 0 aliphatic carbocycles. The van der Waals surface area contributed by atoms with E-state index in [4.69, 9.17) is 10.2 Å². The Balaban J connectivity index is 1.14. The van der Waals surface area contributed by atoms with E-state index in [1.54, 1.807) is 0 Å². The second kappa shape index (κ2) is 12.6. The number of anilines is 3. The Morgan fingerprint density at radius 3 is 1.37 bits per heavy atom. The van der Waals surface area contributed by atoms with Crippen LogP contribution in [0.4, 0.5) is 17.1 Å². The molecule has 0 saturated carbocycles. The molecule has 2 heterocycles. The molecule has 0 amide bonds. The summed E-state index contributed by atoms with van der Waals surface area (Å²) in [5.74, 6) is 1.62. The van der Waals surface area contributed by atoms with Crippen molar-refractivity contribution in [2.75, 3.05) is 4.90 Å². The molecule has 51 heavy (non-hydrogen) atoms. The first-order chi connectivity index (χ1) is 25.1. The number of aryl methyl sites for hydroxylation is 2. The summed E-state index contributed by atoms with van der Waals surface area (Å²) in [5.41, 5.74) is 12.2. The predicted octanol–water partition coefficient (Wildman–Crippen LogP) is 11.8. The van der Waals surface area contributed by atoms with Gasteiger partial charge in [-0.05, 0) is 98.8 Å². The van der Waals surface area contributed by atoms with Crippen LogP contribution >= 0.6 is 0 Å². The monoisotopic (exact) mass is 657 g/mol. The second-order valence-corrected chi connectivity index (χ2v) is 13.0. The van der Waals surface area contributed by atoms with Crippen LogP contribution in [0.1, 0.15) is 11.1 Å². The highest BCUT2D eigenvalue weighted by atomic mass is 15.3. The molecule has 0 unspecified atom stereocenters. The minimum absolute atomic E-state index is 0.804. The van der Waals surface area contributed by atoms with Crippen LogP contribution in [0, 0.1) is 13.8 Å². The molecule has 0 bridgehead atoms. The summed E-state index contributed by atoms with van der Waals surface area (Å²) in [5, 5.41) is 12.0. The SMILES string of the molecule is Cc1cc(C)cc(-c2nnc(-c3ccccc3)n2-c2ccc(N(c3ccccc3)c3ccc(-n4c5ccccc5c5ccccc54)cc3)cc2)c1. The van der Waals surface area contributed by atoms with Crippen LogP contribution in [0.15, 0.2) is 176 Å². The maximum absolute atomic E-state index is 4.74. The molecule has 0 saturated heterocycles. The van der Waals surface area contributed by atoms with Crippen LogP contribution in [-0.2, 0) is 0 Å². The molecule has 0 fully saturated rings. The highest BCUT2D eigenvalue weighted by molar-refractivity contribution is 6.09. The normalized spacial score (nSPS) is 11.3. The van der Waals surface area contributed by atoms with Gasteiger partial charge in [-0.15, -0.1) is 10.2 Å². The van der Waals surface area contributed by atoms with Gasteiger partial charge in [0.1, 0.15) is 0 Å². The molecule has 5 nitrogen and oxygen atoms in total. The summed E-state index contributed by atoms with van der Waals surface area (Å²) >= 11 is 0. The molecule has 9 rings (SSSR count). The molecule has 0 N–H and O–H groups in total. The lowest BCUT2D eigenvalue weighted by atomic mass is 10.1. The van der Waals surface area contributed by atoms with Crippen molar-refractivity contribution in [3.05, 3.63) is 187 Å². The van der Waals surface area contributed by atoms with Crippen molar-refractivity contribution >= 4 is 38.9 Å². The van der Waals surface area contributed by atoms with E-state index in [-0.39, 0.29) is 0 Å². The molecule has 7 aromatic carbocycles. The Morgan fingerprint density at radius 2 is 0.824 bits per heavy atom. The highest BCUT2D eigenvalue weighted by Gasteiger charge is 2.19. The summed E-state index contributed by atoms with van der Waals surface area (Å²) in [6, 6.07) is 62.2. The third kappa shape index (κ3) is 5.45. The number of hydrogen-bond acceptors (Lipinski definition) is 3. The average molecular weight is 658 g/mol. The highest BCUT2D eigenvalue weighted by Crippen LogP contribution is 2.38. The van der Waals surface area contributed by atoms with Gasteiger partial charge in [0.25, 0.3) is 0 Å². The summed E-state index contributed by atoms with van der Waals surface area (Å²) in [6.45, 7) is 4.25. The first kappa shape index (κ1) is 30.3. The lowest BCUT2D eigenvalue weighted by molar-refractivity contribution is 1.07. The van der Waals surface area contributed by atoms with Crippen LogP contribution in [0.25, 0.3) is 56.0 Å². The summed E-state index contributed by atoms with van der Waals surface area (Å²) in [6.07, 6.45) is 0. The number of fused-ring (bicyclic) bond motifs is 3. The number of benzene rings is 7. The fourth-order valence-electron chi connectivity index (χ4n) is 7.32. The third-order valence-electron chi connectivity index (χ3n) is 9.50. The minimum Gasteiger partial charge on any atom is -0.311 e. The van der Waals surface area contributed by atoms with Crippen LogP contribution in [0.5, 0.6) is 0 Å². The van der Waals surface area contributed by atoms with Gasteiger partial charge in [-0.1, -0.05) is 102 Å². The molecule has 5 heteroatoms. The first-order valence-electron chi connectivity index (χ1n) is 17.3. The van der Waals surface area contributed by atoms with E-state index in [9.17, 15) is 0 Å². The standard InChI is InChI=1S/C46H35N5/c1-32-29-33(2)31-35(30-32)46-48-47-45(34-13-5-3-6-14-34)51(46)40-27-23-38(24-28-40)49(36-15-7-4-8-16-36)37-21-25-39(26-22-37)50-43-19-11-9-17-41(43)42-18-10-12-20-44(42)50/h3-31H,1-2H3. The van der Waals surface area contributed by atoms with Crippen LogP contribution in [0.2, 0.25) is 0 Å². The van der Waals surface area contributed by atoms with Gasteiger partial charge >= 0.3 is 0 Å². The Labute approximate surface area is 297 Å². The molecule has 0 spiro atoms. The Morgan fingerprint density at radius 1 is 0.392 bits per heavy atom. The van der Waals surface area contributed by atoms with Gasteiger partial charge in [0.15, 0.2) is 11.6 Å². The van der Waals surface area contributed by atoms with E-state index in [1.807, 2.05) is 18.2 Å². The molecule has 244 valence electrons. The number of nitrogens with zero attached hydrogens (tertiary/aromatic N) is 5. The summed E-state index contributed by atoms with van der Waals surface area (Å²) in [4.78, 5) is 2.30. The zero-order chi connectivity index (χ0) is 34.3. The summed E-state index contributed by atoms with van der Waals surface area (Å²) < 4.78 is 4.52. The van der Waals surface area contributed by atoms with Crippen molar-refractivity contribution < 1.29 is 0 Å². The molecule has 0 radical (unpaired) electrons. The van der Waals surface area contributed by atoms with Crippen LogP contribution in [0.3, 0.4) is 0 Å². The third-order valence-corrected chi connectivity index (χ3v) is 9.50. The fraction of sp³-hybridized carbons (Fsp3) is 0.0435. The topological polar surface area (TPSA) is 38.9 Å². The molecule has 2 aromatic heterocycles. The van der Waals surface area contributed by atoms with Gasteiger partial charge in [-0.25, -0.2) is 0 Å². The van der Waals surface area contributed by atoms with Crippen LogP contribution < -0.4 is 4.90 Å². The van der Waals surface area contributed by atoms with Crippen molar-refractivity contribution in [1.29, 1.82) is 0 Å². The number of hydrogen-bond donors (Lipinski definition) is 0. The Bertz CT molecular complexity index is 2560. The maximum atomic E-state index is 4.74. The number of rotatable bonds is 7. The van der Waals surface area contributed by atoms with Gasteiger partial charge in [-0.2, -0.15) is 0 Å². The zero-order valence-corrected chi connectivity index (χ0v) is 28.5. The average Bonchev–Trinajstić information content (AvgIpc) is 3.77. The molecule has 9 aromatic rings. The molecular formula is C46H35N5. The van der Waals surface area contributed by atoms with Crippen molar-refractivity contribution in [1.82, 2.24) is 19.3 Å². The van der Waals surface area contributed by atoms with E-state index in [1.165, 1.54) is 32.9 Å². The van der Waals surface area contributed by atoms with E-state index >= 15 is 0 Å². The second-order valence-electron chi connectivity index (χ2n) is 13.0. The minimum atomic E-state index is 0.804. The van der Waals surface area contributed by atoms with E-state index in [0.29, 0.717) is 0 Å². The van der Waals surface area contributed by atoms with E-state index < -0.39 is 0 Å². The van der Waals surface area contributed by atoms with Crippen molar-refractivity contribution in [3.8, 4) is 34.2 Å². The number of para-hydroxylation sites is 3. The predicted molar refractivity (Wildman–Crippen MR) is 211 cm³/mol. The van der Waals surface area contributed by atoms with Gasteiger partial charge in [0.05, 0.1) is 11.0 Å². The molecular weight excluding hydrogens is 623 g/mol. The largest absolute Gasteiger partial charge is 0.311 e. The smallest absolute Gasteiger partial charge is 0.168 e. The van der Waals surface area contributed by atoms with Gasteiger partial charge in [0.2, 0.25) is 0 Å². The maximum Gasteiger partial charge on any atom is 0.168 e. The summed E-state index contributed by atoms with van der Waals surface area (Å²) in [7, 11) is 0. The van der Waals surface area contributed by atoms with Gasteiger partial charge < -0.3 is 9.47 Å². The molecule has 0 aliphatic heterocycles. The van der Waals surface area contributed by atoms with Crippen molar-refractivity contribution in [2.45, 2.75) is 13.8 Å².